The van der Waals surface area contributed by atoms with E-state index in [2.05, 4.69) is 50.2 Å². The van der Waals surface area contributed by atoms with Crippen LogP contribution >= 0.6 is 0 Å². The molecule has 2 aromatic rings. The van der Waals surface area contributed by atoms with Gasteiger partial charge in [0.2, 0.25) is 0 Å². The summed E-state index contributed by atoms with van der Waals surface area (Å²) in [7, 11) is 0. The Bertz CT molecular complexity index is 360. The SMILES string of the molecule is CC(C)c1cc2ccccc2[cH-]1.[Cl-].[Cl-].[Hf]. The van der Waals surface area contributed by atoms with Crippen molar-refractivity contribution in [3.63, 3.8) is 0 Å². The monoisotopic (exact) mass is 407 g/mol. The predicted octanol–water partition coefficient (Wildman–Crippen LogP) is -2.31. The molecular weight excluding hydrogens is 394 g/mol. The van der Waals surface area contributed by atoms with Crippen LogP contribution in [-0.4, -0.2) is 0 Å². The fraction of sp³-hybridized carbons (Fsp3) is 0.250. The number of rotatable bonds is 1. The zero-order valence-electron chi connectivity index (χ0n) is 8.80. The van der Waals surface area contributed by atoms with Crippen LogP contribution in [0.5, 0.6) is 0 Å². The Labute approximate surface area is 122 Å². The van der Waals surface area contributed by atoms with Crippen LogP contribution in [0.3, 0.4) is 0 Å². The van der Waals surface area contributed by atoms with E-state index in [-0.39, 0.29) is 50.7 Å². The van der Waals surface area contributed by atoms with E-state index in [1.54, 1.807) is 0 Å². The third kappa shape index (κ3) is 3.97. The van der Waals surface area contributed by atoms with Gasteiger partial charge in [0.05, 0.1) is 0 Å². The quantitative estimate of drug-likeness (QED) is 0.369. The molecule has 2 rings (SSSR count). The Morgan fingerprint density at radius 2 is 1.67 bits per heavy atom. The summed E-state index contributed by atoms with van der Waals surface area (Å²) in [4.78, 5) is 0. The molecule has 0 bridgehead atoms. The van der Waals surface area contributed by atoms with Gasteiger partial charge < -0.3 is 24.8 Å². The van der Waals surface area contributed by atoms with Crippen LogP contribution in [0.15, 0.2) is 36.4 Å². The topological polar surface area (TPSA) is 0 Å². The van der Waals surface area contributed by atoms with Crippen molar-refractivity contribution in [2.24, 2.45) is 0 Å². The van der Waals surface area contributed by atoms with E-state index in [4.69, 9.17) is 0 Å². The van der Waals surface area contributed by atoms with E-state index in [9.17, 15) is 0 Å². The van der Waals surface area contributed by atoms with Crippen molar-refractivity contribution >= 4 is 10.8 Å². The van der Waals surface area contributed by atoms with Gasteiger partial charge in [-0.15, -0.1) is 40.6 Å². The van der Waals surface area contributed by atoms with Gasteiger partial charge in [-0.25, -0.2) is 0 Å². The molecule has 0 nitrogen and oxygen atoms in total. The maximum atomic E-state index is 2.28. The van der Waals surface area contributed by atoms with E-state index in [1.165, 1.54) is 16.3 Å². The molecule has 0 radical (unpaired) electrons. The molecule has 0 aromatic heterocycles. The second-order valence-electron chi connectivity index (χ2n) is 3.57. The molecule has 0 saturated carbocycles. The predicted molar refractivity (Wildman–Crippen MR) is 53.6 cm³/mol. The molecule has 0 fully saturated rings. The summed E-state index contributed by atoms with van der Waals surface area (Å²) < 4.78 is 0. The molecule has 3 heteroatoms. The molecule has 82 valence electrons. The molecule has 2 aromatic carbocycles. The molecular formula is C12H13Cl2Hf-3. The minimum absolute atomic E-state index is 0. The largest absolute Gasteiger partial charge is 1.00 e. The minimum Gasteiger partial charge on any atom is -1.00 e. The van der Waals surface area contributed by atoms with Crippen LogP contribution in [-0.2, 0) is 25.8 Å². The Kier molecular flexibility index (Phi) is 8.88. The van der Waals surface area contributed by atoms with Crippen LogP contribution in [0.1, 0.15) is 25.3 Å². The maximum absolute atomic E-state index is 2.28. The Balaban J connectivity index is 0. The molecule has 0 spiro atoms. The Morgan fingerprint density at radius 3 is 2.20 bits per heavy atom. The smallest absolute Gasteiger partial charge is 0 e. The van der Waals surface area contributed by atoms with Crippen LogP contribution in [0.25, 0.3) is 10.8 Å². The van der Waals surface area contributed by atoms with Crippen molar-refractivity contribution in [2.75, 3.05) is 0 Å². The summed E-state index contributed by atoms with van der Waals surface area (Å²) in [6, 6.07) is 13.1. The van der Waals surface area contributed by atoms with Gasteiger partial charge in [0.1, 0.15) is 0 Å². The Hall–Kier alpha value is 0.280. The standard InChI is InChI=1S/C12H13.2ClH.Hf/c1-9(2)12-7-10-5-3-4-6-11(10)8-12;;;/h3-9H,1-2H3;2*1H;/q-1;;;/p-2. The first-order chi connectivity index (χ1) is 5.77. The van der Waals surface area contributed by atoms with Crippen molar-refractivity contribution in [3.8, 4) is 0 Å². The van der Waals surface area contributed by atoms with Gasteiger partial charge >= 0.3 is 0 Å². The number of hydrogen-bond donors (Lipinski definition) is 0. The van der Waals surface area contributed by atoms with Crippen LogP contribution in [0.2, 0.25) is 0 Å². The van der Waals surface area contributed by atoms with E-state index in [0.29, 0.717) is 5.92 Å². The van der Waals surface area contributed by atoms with E-state index in [0.717, 1.165) is 0 Å². The molecule has 0 N–H and O–H groups in total. The molecule has 0 saturated heterocycles. The normalized spacial score (nSPS) is 9.00. The average molecular weight is 407 g/mol. The minimum atomic E-state index is 0. The maximum Gasteiger partial charge on any atom is 0 e. The molecule has 0 heterocycles. The molecule has 0 unspecified atom stereocenters. The van der Waals surface area contributed by atoms with E-state index in [1.807, 2.05) is 0 Å². The average Bonchev–Trinajstić information content (AvgIpc) is 2.46. The van der Waals surface area contributed by atoms with Crippen LogP contribution in [0, 0.1) is 0 Å². The van der Waals surface area contributed by atoms with Gasteiger partial charge in [-0.3, -0.25) is 0 Å². The zero-order chi connectivity index (χ0) is 8.55. The van der Waals surface area contributed by atoms with Gasteiger partial charge in [-0.05, 0) is 5.92 Å². The van der Waals surface area contributed by atoms with Crippen LogP contribution in [0.4, 0.5) is 0 Å². The third-order valence-corrected chi connectivity index (χ3v) is 2.31. The van der Waals surface area contributed by atoms with E-state index < -0.39 is 0 Å². The van der Waals surface area contributed by atoms with Crippen molar-refractivity contribution in [1.29, 1.82) is 0 Å². The molecule has 15 heavy (non-hydrogen) atoms. The second-order valence-corrected chi connectivity index (χ2v) is 3.57. The van der Waals surface area contributed by atoms with Crippen molar-refractivity contribution in [2.45, 2.75) is 19.8 Å². The summed E-state index contributed by atoms with van der Waals surface area (Å²) >= 11 is 0. The molecule has 0 amide bonds. The fourth-order valence-corrected chi connectivity index (χ4v) is 1.51. The van der Waals surface area contributed by atoms with Gasteiger partial charge in [0, 0.05) is 25.8 Å². The molecule has 0 aliphatic heterocycles. The number of fused-ring (bicyclic) bond motifs is 1. The van der Waals surface area contributed by atoms with Crippen LogP contribution < -0.4 is 24.8 Å². The zero-order valence-corrected chi connectivity index (χ0v) is 13.9. The fourth-order valence-electron chi connectivity index (χ4n) is 1.51. The van der Waals surface area contributed by atoms with Gasteiger partial charge in [-0.2, -0.15) is 6.07 Å². The summed E-state index contributed by atoms with van der Waals surface area (Å²) in [5, 5.41) is 2.72. The van der Waals surface area contributed by atoms with E-state index >= 15 is 0 Å². The summed E-state index contributed by atoms with van der Waals surface area (Å²) in [6.45, 7) is 4.46. The number of benzene rings is 1. The van der Waals surface area contributed by atoms with Crippen molar-refractivity contribution < 1.29 is 50.7 Å². The molecule has 0 aliphatic rings. The first-order valence-corrected chi connectivity index (χ1v) is 4.43. The van der Waals surface area contributed by atoms with Crippen molar-refractivity contribution in [1.82, 2.24) is 0 Å². The first kappa shape index (κ1) is 17.7. The van der Waals surface area contributed by atoms with Gasteiger partial charge in [0.15, 0.2) is 0 Å². The Morgan fingerprint density at radius 1 is 1.07 bits per heavy atom. The summed E-state index contributed by atoms with van der Waals surface area (Å²) in [6.07, 6.45) is 0. The van der Waals surface area contributed by atoms with Gasteiger partial charge in [-0.1, -0.05) is 19.9 Å². The number of hydrogen-bond acceptors (Lipinski definition) is 0. The summed E-state index contributed by atoms with van der Waals surface area (Å²) in [5.74, 6) is 0.636. The first-order valence-electron chi connectivity index (χ1n) is 4.43. The molecule has 0 aliphatic carbocycles. The second kappa shape index (κ2) is 7.54. The molecule has 0 atom stereocenters. The van der Waals surface area contributed by atoms with Gasteiger partial charge in [0.25, 0.3) is 0 Å². The summed E-state index contributed by atoms with van der Waals surface area (Å²) in [5.41, 5.74) is 1.44. The van der Waals surface area contributed by atoms with Crippen molar-refractivity contribution in [3.05, 3.63) is 42.0 Å². The third-order valence-electron chi connectivity index (χ3n) is 2.31. The number of halogens is 2.